The third-order valence-corrected chi connectivity index (χ3v) is 24.2. The molecule has 0 saturated carbocycles. The van der Waals surface area contributed by atoms with E-state index in [0.717, 1.165) is 142 Å². The first-order chi connectivity index (χ1) is 55.8. The summed E-state index contributed by atoms with van der Waals surface area (Å²) in [6, 6.07) is -5.75. The van der Waals surface area contributed by atoms with Crippen molar-refractivity contribution in [3.05, 3.63) is 128 Å². The summed E-state index contributed by atoms with van der Waals surface area (Å²) in [5, 5.41) is 91.1. The normalized spacial score (nSPS) is 27.4. The average molecular weight is 1770 g/mol. The number of rotatable bonds is 55. The van der Waals surface area contributed by atoms with Crippen LogP contribution in [0.3, 0.4) is 0 Å². The van der Waals surface area contributed by atoms with Crippen LogP contribution in [0.15, 0.2) is 128 Å². The zero-order valence-electron chi connectivity index (χ0n) is 71.8. The lowest BCUT2D eigenvalue weighted by molar-refractivity contribution is -0.333. The summed E-state index contributed by atoms with van der Waals surface area (Å²) in [6.45, 7) is 22.0. The molecule has 3 saturated heterocycles. The summed E-state index contributed by atoms with van der Waals surface area (Å²) in [5.74, 6) is -2.78. The molecule has 3 amide bonds. The van der Waals surface area contributed by atoms with E-state index >= 15 is 0 Å². The Morgan fingerprint density at radius 3 is 0.966 bits per heavy atom. The van der Waals surface area contributed by atoms with Gasteiger partial charge in [-0.2, -0.15) is 0 Å². The maximum absolute atomic E-state index is 13.2. The van der Waals surface area contributed by atoms with Crippen molar-refractivity contribution < 1.29 is 143 Å². The van der Waals surface area contributed by atoms with Crippen LogP contribution in [0.2, 0.25) is 0 Å². The molecule has 0 aromatic heterocycles. The number of allylic oxidation sites excluding steroid dienone is 21. The van der Waals surface area contributed by atoms with Gasteiger partial charge in [-0.25, -0.2) is 4.31 Å². The molecule has 3 heterocycles. The van der Waals surface area contributed by atoms with Crippen LogP contribution in [0.4, 0.5) is 0 Å². The zero-order valence-corrected chi connectivity index (χ0v) is 75.4. The fraction of sp³-hybridized carbons (Fsp3) is 0.695. The minimum absolute atomic E-state index is 0.501. The molecule has 37 heteroatoms. The molecular formula is C82H135N3O30P4-4. The van der Waals surface area contributed by atoms with Crippen molar-refractivity contribution in [2.24, 2.45) is 0 Å². The van der Waals surface area contributed by atoms with Crippen LogP contribution in [0.1, 0.15) is 232 Å². The van der Waals surface area contributed by atoms with Crippen molar-refractivity contribution in [1.82, 2.24) is 16.0 Å². The van der Waals surface area contributed by atoms with Gasteiger partial charge in [-0.1, -0.05) is 128 Å². The monoisotopic (exact) mass is 1770 g/mol. The molecule has 20 atom stereocenters. The minimum Gasteiger partial charge on any atom is -0.756 e. The van der Waals surface area contributed by atoms with Crippen LogP contribution in [0.25, 0.3) is 0 Å². The molecule has 119 heavy (non-hydrogen) atoms. The van der Waals surface area contributed by atoms with E-state index in [1.165, 1.54) is 56.2 Å². The standard InChI is InChI=1S/C82H139N3O30P4/c1-53(2)26-16-27-54(3)28-17-29-55(4)30-18-31-56(5)32-19-33-57(6)34-20-35-58(7)36-21-37-59(8)38-22-39-60(9)40-23-41-61(10)42-24-43-62(11)44-25-45-63(12)46-47-105-118(101,102)115-119(103,104)114-82-73(85-66(15)91)76(95)78(69(49-87)110-82)111-80-72(84-65(14)90)77(96)79(70(50-88)109-80)112-116(97,98)106-51-67(92)52-107-117(99,100)113-81-71(83-64(13)89)75(94)74(93)68(48-86)108-81/h26,28,30,32,34,36,38,40,42,44,46,67-82,86-88,92-96H,16-25,27,29,31,33,35,37,39,41,43,45,47-52H2,1-15H3,(H,83,89)(H,84,90)(H,85,91)(H,97,98)(H,99,100)(H,101,102)(H,103,104)/p-4/b54-28+,55-30+,56-32-,57-34-,58-36-,59-38-,60-40-,61-42-,62-44-,63-46-/t67-,68+,69+,70+,71+,72-,73+,74-,75+,76+,77+,78?,79+,80-,81-,82+/m0/s1. The molecule has 0 bridgehead atoms. The lowest BCUT2D eigenvalue weighted by atomic mass is 9.94. The van der Waals surface area contributed by atoms with Crippen LogP contribution in [-0.4, -0.2) is 196 Å². The van der Waals surface area contributed by atoms with Crippen LogP contribution in [0.5, 0.6) is 0 Å². The van der Waals surface area contributed by atoms with Gasteiger partial charge in [-0.3, -0.25) is 41.7 Å². The molecular weight excluding hydrogens is 1630 g/mol. The predicted octanol–water partition coefficient (Wildman–Crippen LogP) is 9.43. The summed E-state index contributed by atoms with van der Waals surface area (Å²) in [4.78, 5) is 88.7. The number of amides is 3. The van der Waals surface area contributed by atoms with E-state index in [1.807, 2.05) is 6.92 Å². The molecule has 11 N–H and O–H groups in total. The van der Waals surface area contributed by atoms with E-state index < -0.39 is 187 Å². The molecule has 0 spiro atoms. The smallest absolute Gasteiger partial charge is 0.276 e. The van der Waals surface area contributed by atoms with E-state index in [2.05, 4.69) is 159 Å². The van der Waals surface area contributed by atoms with Gasteiger partial charge in [0.05, 0.1) is 39.6 Å². The van der Waals surface area contributed by atoms with Crippen molar-refractivity contribution in [2.75, 3.05) is 39.6 Å². The first-order valence-corrected chi connectivity index (χ1v) is 46.4. The van der Waals surface area contributed by atoms with E-state index in [1.54, 1.807) is 6.92 Å². The van der Waals surface area contributed by atoms with Gasteiger partial charge in [0.15, 0.2) is 18.9 Å². The van der Waals surface area contributed by atoms with Crippen molar-refractivity contribution in [3.8, 4) is 0 Å². The van der Waals surface area contributed by atoms with Crippen LogP contribution >= 0.6 is 31.3 Å². The van der Waals surface area contributed by atoms with E-state index in [-0.39, 0.29) is 0 Å². The number of aliphatic hydroxyl groups is 8. The second kappa shape index (κ2) is 55.8. The molecule has 3 aliphatic rings. The van der Waals surface area contributed by atoms with Gasteiger partial charge in [0.1, 0.15) is 79.2 Å². The van der Waals surface area contributed by atoms with Gasteiger partial charge >= 0.3 is 0 Å². The highest BCUT2D eigenvalue weighted by molar-refractivity contribution is 7.59. The van der Waals surface area contributed by atoms with E-state index in [4.69, 9.17) is 37.0 Å². The predicted molar refractivity (Wildman–Crippen MR) is 441 cm³/mol. The first-order valence-electron chi connectivity index (χ1n) is 40.6. The Balaban J connectivity index is 1.43. The second-order valence-electron chi connectivity index (χ2n) is 31.3. The van der Waals surface area contributed by atoms with Gasteiger partial charge in [0.2, 0.25) is 17.7 Å². The molecule has 3 aliphatic heterocycles. The molecule has 3 fully saturated rings. The fourth-order valence-corrected chi connectivity index (χ4v) is 16.8. The van der Waals surface area contributed by atoms with E-state index in [9.17, 15) is 93.1 Å². The number of ether oxygens (including phenoxy) is 4. The molecule has 0 aliphatic carbocycles. The Hall–Kier alpha value is -4.45. The van der Waals surface area contributed by atoms with Gasteiger partial charge in [-0.15, -0.1) is 0 Å². The number of phosphoric ester groups is 4. The topological polar surface area (TPSA) is 511 Å². The highest BCUT2D eigenvalue weighted by Crippen LogP contribution is 2.57. The molecule has 682 valence electrons. The molecule has 5 unspecified atom stereocenters. The van der Waals surface area contributed by atoms with E-state index in [0.29, 0.717) is 18.4 Å². The third-order valence-electron chi connectivity index (χ3n) is 19.8. The van der Waals surface area contributed by atoms with Gasteiger partial charge in [-0.05, 0) is 212 Å². The summed E-state index contributed by atoms with van der Waals surface area (Å²) in [7, 11) is -23.4. The Kier molecular flexibility index (Phi) is 51.0. The fourth-order valence-electron chi connectivity index (χ4n) is 13.0. The number of hydrogen-bond acceptors (Lipinski definition) is 30. The average Bonchev–Trinajstić information content (AvgIpc) is 0.768. The second-order valence-corrected chi connectivity index (χ2v) is 36.9. The van der Waals surface area contributed by atoms with Crippen LogP contribution in [0, 0.1) is 0 Å². The van der Waals surface area contributed by atoms with Crippen LogP contribution < -0.4 is 35.5 Å². The lowest BCUT2D eigenvalue weighted by Crippen LogP contribution is -2.69. The molecule has 0 aromatic rings. The number of phosphoric acid groups is 4. The zero-order chi connectivity index (χ0) is 89.4. The highest BCUT2D eigenvalue weighted by Gasteiger charge is 2.54. The SMILES string of the molecule is CC(=O)N[C@@H]1[C@H](OC2[C@@H](CO)O[C@H](OP(=O)([O-])OP(=O)([O-])OC/C=C(/C)CC/C=C(/C)CC/C=C(/C)CC/C=C(/C)CC/C=C(/C)CC/C=C(/C)CC/C=C(/C)CC/C=C(/C)CC/C=C(\C)CC/C=C(\C)CCC=C(C)C)[C@H](NC(C)=O)[C@H]2O)O[C@H](CO)[C@@H](OP(=O)([O-])OC[C@H](O)COP(=O)([O-])O[C@@H]2O[C@H](CO)[C@H](O)[C@H](O)[C@H]2NC(C)=O)[C@@H]1O. The number of carbonyl (C=O) groups excluding carboxylic acids is 3. The molecule has 0 aromatic carbocycles. The highest BCUT2D eigenvalue weighted by atomic mass is 31.3. The summed E-state index contributed by atoms with van der Waals surface area (Å²) < 4.78 is 107. The number of aliphatic hydroxyl groups excluding tert-OH is 8. The molecule has 0 radical (unpaired) electrons. The lowest BCUT2D eigenvalue weighted by Gasteiger charge is -2.49. The van der Waals surface area contributed by atoms with Crippen molar-refractivity contribution in [2.45, 2.75) is 330 Å². The minimum atomic E-state index is -6.13. The summed E-state index contributed by atoms with van der Waals surface area (Å²) in [5.41, 5.74) is 14.7. The Morgan fingerprint density at radius 2 is 0.630 bits per heavy atom. The first kappa shape index (κ1) is 109. The van der Waals surface area contributed by atoms with Gasteiger partial charge in [0, 0.05) is 20.8 Å². The molecule has 33 nitrogen and oxygen atoms in total. The van der Waals surface area contributed by atoms with Gasteiger partial charge < -0.3 is 113 Å². The van der Waals surface area contributed by atoms with Crippen LogP contribution in [-0.2, 0) is 83.0 Å². The van der Waals surface area contributed by atoms with Gasteiger partial charge in [0.25, 0.3) is 31.3 Å². The molecule has 3 rings (SSSR count). The largest absolute Gasteiger partial charge is 0.756 e. The summed E-state index contributed by atoms with van der Waals surface area (Å²) >= 11 is 0. The maximum atomic E-state index is 13.2. The number of carbonyl (C=O) groups is 3. The Labute approximate surface area is 703 Å². The summed E-state index contributed by atoms with van der Waals surface area (Å²) in [6.07, 6.45) is 18.0. The number of nitrogens with one attached hydrogen (secondary N) is 3. The van der Waals surface area contributed by atoms with Crippen molar-refractivity contribution >= 4 is 49.0 Å². The quantitative estimate of drug-likeness (QED) is 0.0199. The Morgan fingerprint density at radius 1 is 0.353 bits per heavy atom. The third kappa shape index (κ3) is 44.8. The van der Waals surface area contributed by atoms with Crippen molar-refractivity contribution in [1.29, 1.82) is 0 Å². The van der Waals surface area contributed by atoms with Crippen molar-refractivity contribution in [3.63, 3.8) is 0 Å². The number of hydrogen-bond donors (Lipinski definition) is 11. The maximum Gasteiger partial charge on any atom is 0.276 e. The Bertz CT molecular complexity index is 3720.